The van der Waals surface area contributed by atoms with Crippen molar-refractivity contribution >= 4 is 60.7 Å². The molecule has 3 rings (SSSR count). The van der Waals surface area contributed by atoms with Crippen molar-refractivity contribution in [1.82, 2.24) is 4.31 Å². The molecular formula is C23H21BrCl2N2O4S. The number of halogens is 3. The molecule has 0 aliphatic carbocycles. The summed E-state index contributed by atoms with van der Waals surface area (Å²) in [6.45, 7) is 1.77. The second-order valence-electron chi connectivity index (χ2n) is 6.95. The Hall–Kier alpha value is -2.10. The van der Waals surface area contributed by atoms with Gasteiger partial charge in [-0.1, -0.05) is 57.3 Å². The Labute approximate surface area is 211 Å². The fraction of sp³-hybridized carbons (Fsp3) is 0.174. The highest BCUT2D eigenvalue weighted by molar-refractivity contribution is 9.10. The maximum absolute atomic E-state index is 13.4. The number of hydrogen-bond acceptors (Lipinski definition) is 4. The number of carbonyl (C=O) groups excluding carboxylic acids is 1. The Bertz CT molecular complexity index is 1240. The lowest BCUT2D eigenvalue weighted by Crippen LogP contribution is -2.37. The minimum atomic E-state index is -4.00. The van der Waals surface area contributed by atoms with Gasteiger partial charge >= 0.3 is 0 Å². The van der Waals surface area contributed by atoms with E-state index in [0.717, 1.165) is 8.78 Å². The number of sulfonamides is 1. The second kappa shape index (κ2) is 11.4. The molecule has 0 aromatic heterocycles. The molecule has 0 bridgehead atoms. The second-order valence-corrected chi connectivity index (χ2v) is 10.6. The molecule has 0 spiro atoms. The number of carbonyl (C=O) groups is 1. The normalized spacial score (nSPS) is 11.4. The van der Waals surface area contributed by atoms with Gasteiger partial charge in [0.1, 0.15) is 5.75 Å². The maximum Gasteiger partial charge on any atom is 0.243 e. The summed E-state index contributed by atoms with van der Waals surface area (Å²) in [5.41, 5.74) is 1.05. The lowest BCUT2D eigenvalue weighted by atomic mass is 10.2. The third kappa shape index (κ3) is 6.71. The fourth-order valence-electron chi connectivity index (χ4n) is 3.02. The van der Waals surface area contributed by atoms with Crippen molar-refractivity contribution in [2.75, 3.05) is 18.5 Å². The van der Waals surface area contributed by atoms with Crippen LogP contribution in [0, 0.1) is 0 Å². The van der Waals surface area contributed by atoms with Gasteiger partial charge in [0.2, 0.25) is 15.9 Å². The molecule has 0 radical (unpaired) electrons. The van der Waals surface area contributed by atoms with Crippen molar-refractivity contribution in [3.63, 3.8) is 0 Å². The van der Waals surface area contributed by atoms with Gasteiger partial charge in [0.05, 0.1) is 33.8 Å². The average molecular weight is 572 g/mol. The van der Waals surface area contributed by atoms with Crippen LogP contribution in [-0.2, 0) is 21.4 Å². The summed E-state index contributed by atoms with van der Waals surface area (Å²) in [5, 5.41) is 3.39. The fourth-order valence-corrected chi connectivity index (χ4v) is 4.99. The minimum Gasteiger partial charge on any atom is -0.492 e. The first kappa shape index (κ1) is 25.5. The highest BCUT2D eigenvalue weighted by atomic mass is 79.9. The van der Waals surface area contributed by atoms with Crippen LogP contribution in [0.15, 0.2) is 76.1 Å². The number of ether oxygens (including phenoxy) is 1. The molecule has 3 aromatic rings. The van der Waals surface area contributed by atoms with Gasteiger partial charge < -0.3 is 10.1 Å². The van der Waals surface area contributed by atoms with E-state index in [0.29, 0.717) is 33.7 Å². The van der Waals surface area contributed by atoms with Crippen LogP contribution >= 0.6 is 39.1 Å². The van der Waals surface area contributed by atoms with Crippen LogP contribution in [0.25, 0.3) is 0 Å². The molecule has 3 aromatic carbocycles. The number of nitrogens with one attached hydrogen (secondary N) is 1. The van der Waals surface area contributed by atoms with Crippen molar-refractivity contribution in [3.05, 3.63) is 86.8 Å². The number of nitrogens with zero attached hydrogens (tertiary/aromatic N) is 1. The number of para-hydroxylation sites is 2. The third-order valence-corrected chi connectivity index (χ3v) is 7.65. The zero-order chi connectivity index (χ0) is 24.0. The molecule has 6 nitrogen and oxygen atoms in total. The summed E-state index contributed by atoms with van der Waals surface area (Å²) in [7, 11) is -4.00. The molecule has 10 heteroatoms. The minimum absolute atomic E-state index is 0.0632. The summed E-state index contributed by atoms with van der Waals surface area (Å²) in [6.07, 6.45) is 0. The molecule has 0 fully saturated rings. The first-order valence-corrected chi connectivity index (χ1v) is 12.9. The van der Waals surface area contributed by atoms with E-state index in [1.807, 2.05) is 6.92 Å². The Morgan fingerprint density at radius 1 is 1.03 bits per heavy atom. The van der Waals surface area contributed by atoms with Gasteiger partial charge in [0.15, 0.2) is 0 Å². The quantitative estimate of drug-likeness (QED) is 0.342. The van der Waals surface area contributed by atoms with Crippen molar-refractivity contribution in [2.24, 2.45) is 0 Å². The smallest absolute Gasteiger partial charge is 0.243 e. The van der Waals surface area contributed by atoms with Gasteiger partial charge in [-0.05, 0) is 61.0 Å². The molecule has 1 amide bonds. The van der Waals surface area contributed by atoms with E-state index in [4.69, 9.17) is 27.9 Å². The standard InChI is InChI=1S/C23H21BrCl2N2O4S/c1-2-32-22-6-4-3-5-21(22)27-23(29)15-28(14-16-7-12-19(25)20(26)13-16)33(30,31)18-10-8-17(24)9-11-18/h3-13H,2,14-15H2,1H3,(H,27,29). The highest BCUT2D eigenvalue weighted by Crippen LogP contribution is 2.27. The molecule has 0 aliphatic rings. The van der Waals surface area contributed by atoms with Crippen LogP contribution < -0.4 is 10.1 Å². The summed E-state index contributed by atoms with van der Waals surface area (Å²) in [6, 6.07) is 18.0. The Kier molecular flexibility index (Phi) is 8.78. The predicted octanol–water partition coefficient (Wildman–Crippen LogP) is 5.98. The number of anilines is 1. The van der Waals surface area contributed by atoms with Gasteiger partial charge in [-0.15, -0.1) is 0 Å². The summed E-state index contributed by atoms with van der Waals surface area (Å²) in [4.78, 5) is 13.0. The van der Waals surface area contributed by atoms with Gasteiger partial charge in [0.25, 0.3) is 0 Å². The molecule has 0 atom stereocenters. The van der Waals surface area contributed by atoms with Crippen molar-refractivity contribution < 1.29 is 17.9 Å². The molecule has 33 heavy (non-hydrogen) atoms. The largest absolute Gasteiger partial charge is 0.492 e. The number of rotatable bonds is 9. The first-order chi connectivity index (χ1) is 15.7. The third-order valence-electron chi connectivity index (χ3n) is 4.58. The van der Waals surface area contributed by atoms with Crippen LogP contribution in [0.1, 0.15) is 12.5 Å². The molecule has 1 N–H and O–H groups in total. The van der Waals surface area contributed by atoms with Crippen LogP contribution in [0.2, 0.25) is 10.0 Å². The predicted molar refractivity (Wildman–Crippen MR) is 134 cm³/mol. The van der Waals surface area contributed by atoms with E-state index in [-0.39, 0.29) is 11.4 Å². The van der Waals surface area contributed by atoms with Crippen LogP contribution in [0.5, 0.6) is 5.75 Å². The molecule has 0 unspecified atom stereocenters. The summed E-state index contributed by atoms with van der Waals surface area (Å²) < 4.78 is 34.2. The summed E-state index contributed by atoms with van der Waals surface area (Å²) in [5.74, 6) is -0.0111. The Balaban J connectivity index is 1.90. The molecule has 0 saturated carbocycles. The molecule has 174 valence electrons. The molecule has 0 heterocycles. The van der Waals surface area contributed by atoms with Crippen molar-refractivity contribution in [2.45, 2.75) is 18.4 Å². The van der Waals surface area contributed by atoms with E-state index < -0.39 is 22.5 Å². The molecule has 0 saturated heterocycles. The van der Waals surface area contributed by atoms with Crippen molar-refractivity contribution in [3.8, 4) is 5.75 Å². The van der Waals surface area contributed by atoms with Crippen molar-refractivity contribution in [1.29, 1.82) is 0 Å². The topological polar surface area (TPSA) is 75.7 Å². The summed E-state index contributed by atoms with van der Waals surface area (Å²) >= 11 is 15.4. The van der Waals surface area contributed by atoms with E-state index in [2.05, 4.69) is 21.2 Å². The lowest BCUT2D eigenvalue weighted by molar-refractivity contribution is -0.116. The van der Waals surface area contributed by atoms with Crippen LogP contribution in [-0.4, -0.2) is 31.8 Å². The number of amides is 1. The number of benzene rings is 3. The average Bonchev–Trinajstić information content (AvgIpc) is 2.77. The van der Waals surface area contributed by atoms with Gasteiger partial charge in [-0.25, -0.2) is 8.42 Å². The Morgan fingerprint density at radius 3 is 2.39 bits per heavy atom. The first-order valence-electron chi connectivity index (χ1n) is 9.92. The van der Waals surface area contributed by atoms with Crippen LogP contribution in [0.4, 0.5) is 5.69 Å². The zero-order valence-corrected chi connectivity index (χ0v) is 21.5. The number of hydrogen-bond donors (Lipinski definition) is 1. The van der Waals surface area contributed by atoms with Gasteiger partial charge in [-0.2, -0.15) is 4.31 Å². The van der Waals surface area contributed by atoms with E-state index in [1.54, 1.807) is 54.6 Å². The monoisotopic (exact) mass is 570 g/mol. The van der Waals surface area contributed by atoms with E-state index >= 15 is 0 Å². The van der Waals surface area contributed by atoms with E-state index in [1.165, 1.54) is 12.1 Å². The van der Waals surface area contributed by atoms with E-state index in [9.17, 15) is 13.2 Å². The Morgan fingerprint density at radius 2 is 1.73 bits per heavy atom. The van der Waals surface area contributed by atoms with Crippen LogP contribution in [0.3, 0.4) is 0 Å². The zero-order valence-electron chi connectivity index (χ0n) is 17.6. The molecule has 0 aliphatic heterocycles. The van der Waals surface area contributed by atoms with Gasteiger partial charge in [-0.3, -0.25) is 4.79 Å². The lowest BCUT2D eigenvalue weighted by Gasteiger charge is -2.22. The maximum atomic E-state index is 13.4. The van der Waals surface area contributed by atoms with Gasteiger partial charge in [0, 0.05) is 11.0 Å². The molecular weight excluding hydrogens is 551 g/mol. The SMILES string of the molecule is CCOc1ccccc1NC(=O)CN(Cc1ccc(Cl)c(Cl)c1)S(=O)(=O)c1ccc(Br)cc1. The highest BCUT2D eigenvalue weighted by Gasteiger charge is 2.27.